The molecule has 0 fully saturated rings. The zero-order valence-electron chi connectivity index (χ0n) is 11.9. The van der Waals surface area contributed by atoms with Gasteiger partial charge in [0, 0.05) is 19.0 Å². The van der Waals surface area contributed by atoms with E-state index in [4.69, 9.17) is 4.74 Å². The Bertz CT molecular complexity index is 253. The fourth-order valence-corrected chi connectivity index (χ4v) is 1.19. The van der Waals surface area contributed by atoms with Gasteiger partial charge in [-0.3, -0.25) is 9.59 Å². The van der Waals surface area contributed by atoms with Gasteiger partial charge in [0.25, 0.3) is 0 Å². The predicted molar refractivity (Wildman–Crippen MR) is 71.2 cm³/mol. The highest BCUT2D eigenvalue weighted by atomic mass is 16.5. The summed E-state index contributed by atoms with van der Waals surface area (Å²) < 4.78 is 5.17. The van der Waals surface area contributed by atoms with E-state index in [1.54, 1.807) is 0 Å². The fourth-order valence-electron chi connectivity index (χ4n) is 1.19. The lowest BCUT2D eigenvalue weighted by Gasteiger charge is -2.09. The van der Waals surface area contributed by atoms with Gasteiger partial charge in [0.15, 0.2) is 0 Å². The normalized spacial score (nSPS) is 10.8. The summed E-state index contributed by atoms with van der Waals surface area (Å²) in [5, 5.41) is 5.61. The molecule has 0 radical (unpaired) electrons. The summed E-state index contributed by atoms with van der Waals surface area (Å²) in [4.78, 5) is 22.5. The van der Waals surface area contributed by atoms with Crippen molar-refractivity contribution in [1.82, 2.24) is 10.6 Å². The van der Waals surface area contributed by atoms with Crippen LogP contribution >= 0.6 is 0 Å². The highest BCUT2D eigenvalue weighted by molar-refractivity contribution is 5.77. The number of rotatable bonds is 9. The molecule has 0 saturated heterocycles. The summed E-state index contributed by atoms with van der Waals surface area (Å²) in [5.74, 6) is 0.0113. The molecule has 18 heavy (non-hydrogen) atoms. The van der Waals surface area contributed by atoms with Crippen LogP contribution < -0.4 is 10.6 Å². The van der Waals surface area contributed by atoms with Gasteiger partial charge in [-0.25, -0.2) is 0 Å². The van der Waals surface area contributed by atoms with Crippen molar-refractivity contribution in [2.75, 3.05) is 19.7 Å². The number of carbonyl (C=O) groups is 2. The van der Waals surface area contributed by atoms with E-state index in [0.717, 1.165) is 12.8 Å². The molecule has 0 unspecified atom stereocenters. The Kier molecular flexibility index (Phi) is 9.28. The Morgan fingerprint density at radius 1 is 1.00 bits per heavy atom. The molecule has 0 bridgehead atoms. The van der Waals surface area contributed by atoms with Crippen LogP contribution in [0.2, 0.25) is 0 Å². The van der Waals surface area contributed by atoms with Crippen molar-refractivity contribution in [3.8, 4) is 0 Å². The first-order chi connectivity index (χ1) is 8.43. The summed E-state index contributed by atoms with van der Waals surface area (Å²) in [6, 6.07) is 0. The number of ether oxygens (including phenoxy) is 1. The Labute approximate surface area is 110 Å². The third-order valence-corrected chi connectivity index (χ3v) is 2.30. The number of nitrogens with one attached hydrogen (secondary N) is 2. The second-order valence-electron chi connectivity index (χ2n) is 4.86. The molecule has 0 aromatic rings. The van der Waals surface area contributed by atoms with Crippen molar-refractivity contribution in [3.63, 3.8) is 0 Å². The van der Waals surface area contributed by atoms with Crippen LogP contribution in [0.1, 0.15) is 40.5 Å². The van der Waals surface area contributed by atoms with Gasteiger partial charge in [0.2, 0.25) is 11.8 Å². The van der Waals surface area contributed by atoms with Crippen molar-refractivity contribution in [3.05, 3.63) is 0 Å². The van der Waals surface area contributed by atoms with Crippen LogP contribution in [-0.2, 0) is 14.3 Å². The van der Waals surface area contributed by atoms with Crippen LogP contribution in [0.15, 0.2) is 0 Å². The Balaban J connectivity index is 3.35. The second kappa shape index (κ2) is 9.88. The molecule has 2 N–H and O–H groups in total. The lowest BCUT2D eigenvalue weighted by molar-refractivity contribution is -0.127. The van der Waals surface area contributed by atoms with Crippen molar-refractivity contribution >= 4 is 11.8 Å². The smallest absolute Gasteiger partial charge is 0.246 e. The molecular weight excluding hydrogens is 232 g/mol. The van der Waals surface area contributed by atoms with Crippen molar-refractivity contribution in [2.24, 2.45) is 5.92 Å². The Hall–Kier alpha value is -1.10. The molecule has 0 aromatic carbocycles. The van der Waals surface area contributed by atoms with Crippen LogP contribution in [0.4, 0.5) is 0 Å². The van der Waals surface area contributed by atoms with Gasteiger partial charge in [0.05, 0.1) is 6.10 Å². The number of carbonyl (C=O) groups excluding carboxylic acids is 2. The van der Waals surface area contributed by atoms with Crippen LogP contribution in [0.25, 0.3) is 0 Å². The molecule has 0 rings (SSSR count). The molecule has 0 aliphatic heterocycles. The fraction of sp³-hybridized carbons (Fsp3) is 0.846. The van der Waals surface area contributed by atoms with E-state index >= 15 is 0 Å². The lowest BCUT2D eigenvalue weighted by atomic mass is 10.2. The summed E-state index contributed by atoms with van der Waals surface area (Å²) in [6.45, 7) is 8.92. The molecule has 0 aliphatic rings. The topological polar surface area (TPSA) is 67.4 Å². The van der Waals surface area contributed by atoms with Gasteiger partial charge in [0.1, 0.15) is 6.61 Å². The van der Waals surface area contributed by atoms with Gasteiger partial charge in [-0.1, -0.05) is 13.8 Å². The zero-order chi connectivity index (χ0) is 14.0. The predicted octanol–water partition coefficient (Wildman–Crippen LogP) is 1.08. The average molecular weight is 258 g/mol. The quantitative estimate of drug-likeness (QED) is 0.608. The minimum atomic E-state index is -0.0880. The van der Waals surface area contributed by atoms with Crippen molar-refractivity contribution in [1.29, 1.82) is 0 Å². The second-order valence-corrected chi connectivity index (χ2v) is 4.86. The number of hydrogen-bond donors (Lipinski definition) is 2. The monoisotopic (exact) mass is 258 g/mol. The van der Waals surface area contributed by atoms with E-state index in [1.807, 2.05) is 27.7 Å². The van der Waals surface area contributed by atoms with E-state index in [1.165, 1.54) is 0 Å². The molecule has 106 valence electrons. The first kappa shape index (κ1) is 16.9. The lowest BCUT2D eigenvalue weighted by Crippen LogP contribution is -2.31. The maximum Gasteiger partial charge on any atom is 0.246 e. The number of hydrogen-bond acceptors (Lipinski definition) is 3. The molecule has 2 amide bonds. The SMILES string of the molecule is CC(C)OCC(=O)NCCCCNC(=O)C(C)C. The van der Waals surface area contributed by atoms with E-state index in [-0.39, 0.29) is 30.4 Å². The zero-order valence-corrected chi connectivity index (χ0v) is 11.9. The highest BCUT2D eigenvalue weighted by Gasteiger charge is 2.05. The largest absolute Gasteiger partial charge is 0.369 e. The molecule has 0 saturated carbocycles. The number of amides is 2. The molecule has 0 aliphatic carbocycles. The van der Waals surface area contributed by atoms with Gasteiger partial charge < -0.3 is 15.4 Å². The third kappa shape index (κ3) is 10.1. The summed E-state index contributed by atoms with van der Waals surface area (Å²) in [5.41, 5.74) is 0. The summed E-state index contributed by atoms with van der Waals surface area (Å²) in [7, 11) is 0. The van der Waals surface area contributed by atoms with Gasteiger partial charge in [-0.05, 0) is 26.7 Å². The highest BCUT2D eigenvalue weighted by Crippen LogP contribution is 1.92. The van der Waals surface area contributed by atoms with E-state index < -0.39 is 0 Å². The van der Waals surface area contributed by atoms with Crippen molar-refractivity contribution in [2.45, 2.75) is 46.6 Å². The minimum Gasteiger partial charge on any atom is -0.369 e. The summed E-state index contributed by atoms with van der Waals surface area (Å²) in [6.07, 6.45) is 1.79. The molecule has 5 heteroatoms. The van der Waals surface area contributed by atoms with Crippen LogP contribution in [0.5, 0.6) is 0 Å². The first-order valence-corrected chi connectivity index (χ1v) is 6.59. The molecule has 5 nitrogen and oxygen atoms in total. The molecule has 0 heterocycles. The van der Waals surface area contributed by atoms with Gasteiger partial charge >= 0.3 is 0 Å². The molecular formula is C13H26N2O3. The van der Waals surface area contributed by atoms with Crippen LogP contribution in [0, 0.1) is 5.92 Å². The summed E-state index contributed by atoms with van der Waals surface area (Å²) >= 11 is 0. The molecule has 0 aromatic heterocycles. The first-order valence-electron chi connectivity index (χ1n) is 6.59. The average Bonchev–Trinajstić information content (AvgIpc) is 2.30. The van der Waals surface area contributed by atoms with E-state index in [9.17, 15) is 9.59 Å². The maximum absolute atomic E-state index is 11.3. The Morgan fingerprint density at radius 3 is 2.06 bits per heavy atom. The van der Waals surface area contributed by atoms with Crippen LogP contribution in [0.3, 0.4) is 0 Å². The van der Waals surface area contributed by atoms with Gasteiger partial charge in [-0.15, -0.1) is 0 Å². The third-order valence-electron chi connectivity index (χ3n) is 2.30. The standard InChI is InChI=1S/C13H26N2O3/c1-10(2)13(17)15-8-6-5-7-14-12(16)9-18-11(3)4/h10-11H,5-9H2,1-4H3,(H,14,16)(H,15,17). The molecule has 0 atom stereocenters. The Morgan fingerprint density at radius 2 is 1.56 bits per heavy atom. The van der Waals surface area contributed by atoms with Crippen LogP contribution in [-0.4, -0.2) is 37.6 Å². The maximum atomic E-state index is 11.3. The van der Waals surface area contributed by atoms with E-state index in [0.29, 0.717) is 13.1 Å². The number of unbranched alkanes of at least 4 members (excludes halogenated alkanes) is 1. The van der Waals surface area contributed by atoms with Gasteiger partial charge in [-0.2, -0.15) is 0 Å². The van der Waals surface area contributed by atoms with E-state index in [2.05, 4.69) is 10.6 Å². The van der Waals surface area contributed by atoms with Crippen molar-refractivity contribution < 1.29 is 14.3 Å². The molecule has 0 spiro atoms. The minimum absolute atomic E-state index is 0.0258.